The van der Waals surface area contributed by atoms with E-state index in [0.29, 0.717) is 17.6 Å². The van der Waals surface area contributed by atoms with Crippen LogP contribution in [-0.2, 0) is 4.74 Å². The van der Waals surface area contributed by atoms with Gasteiger partial charge in [-0.15, -0.1) is 0 Å². The molecule has 0 bridgehead atoms. The largest absolute Gasteiger partial charge is 0.373 e. The van der Waals surface area contributed by atoms with Crippen molar-refractivity contribution in [2.24, 2.45) is 17.1 Å². The molecule has 1 heterocycles. The second-order valence-corrected chi connectivity index (χ2v) is 7.30. The van der Waals surface area contributed by atoms with Gasteiger partial charge in [0.05, 0.1) is 12.2 Å². The molecule has 1 fully saturated rings. The maximum Gasteiger partial charge on any atom is 0.0678 e. The van der Waals surface area contributed by atoms with E-state index >= 15 is 0 Å². The number of nitrogens with two attached hydrogens (primary N) is 1. The Hall–Kier alpha value is -0.120. The molecule has 0 saturated carbocycles. The second kappa shape index (κ2) is 7.61. The lowest BCUT2D eigenvalue weighted by Crippen LogP contribution is -2.45. The molecule has 0 radical (unpaired) electrons. The smallest absolute Gasteiger partial charge is 0.0678 e. The maximum atomic E-state index is 5.78. The Balaban J connectivity index is 2.31. The molecule has 0 aromatic rings. The summed E-state index contributed by atoms with van der Waals surface area (Å²) < 4.78 is 5.78. The van der Waals surface area contributed by atoms with Gasteiger partial charge in [0, 0.05) is 13.1 Å². The summed E-state index contributed by atoms with van der Waals surface area (Å²) in [6.07, 6.45) is 4.49. The van der Waals surface area contributed by atoms with Gasteiger partial charge < -0.3 is 10.5 Å². The van der Waals surface area contributed by atoms with Crippen LogP contribution in [0.4, 0.5) is 0 Å². The molecular formula is C16H34N2O. The van der Waals surface area contributed by atoms with Gasteiger partial charge in [0.25, 0.3) is 0 Å². The fourth-order valence-corrected chi connectivity index (χ4v) is 3.24. The molecule has 114 valence electrons. The van der Waals surface area contributed by atoms with Gasteiger partial charge in [0.1, 0.15) is 0 Å². The Morgan fingerprint density at radius 3 is 2.21 bits per heavy atom. The normalized spacial score (nSPS) is 27.5. The van der Waals surface area contributed by atoms with E-state index in [1.54, 1.807) is 0 Å². The summed E-state index contributed by atoms with van der Waals surface area (Å²) in [5, 5.41) is 0. The molecule has 0 aromatic carbocycles. The average molecular weight is 270 g/mol. The van der Waals surface area contributed by atoms with Gasteiger partial charge in [-0.2, -0.15) is 0 Å². The standard InChI is InChI=1S/C16H34N2O/c1-13-11-18(12-14(2)19-13)10-6-7-15(8-9-17)16(3,4)5/h13-15H,6-12,17H2,1-5H3. The van der Waals surface area contributed by atoms with E-state index in [9.17, 15) is 0 Å². The molecule has 1 aliphatic rings. The molecule has 1 aliphatic heterocycles. The zero-order chi connectivity index (χ0) is 14.5. The van der Waals surface area contributed by atoms with E-state index in [0.717, 1.165) is 32.0 Å². The molecule has 0 spiro atoms. The number of hydrogen-bond donors (Lipinski definition) is 1. The first-order valence-electron chi connectivity index (χ1n) is 7.90. The fraction of sp³-hybridized carbons (Fsp3) is 1.00. The van der Waals surface area contributed by atoms with Crippen molar-refractivity contribution >= 4 is 0 Å². The Morgan fingerprint density at radius 1 is 1.16 bits per heavy atom. The predicted octanol–water partition coefficient (Wildman–Crippen LogP) is 2.89. The quantitative estimate of drug-likeness (QED) is 0.806. The highest BCUT2D eigenvalue weighted by atomic mass is 16.5. The summed E-state index contributed by atoms with van der Waals surface area (Å²) in [4.78, 5) is 2.56. The average Bonchev–Trinajstić information content (AvgIpc) is 2.25. The van der Waals surface area contributed by atoms with Crippen molar-refractivity contribution in [2.75, 3.05) is 26.2 Å². The van der Waals surface area contributed by atoms with Crippen LogP contribution in [0, 0.1) is 11.3 Å². The van der Waals surface area contributed by atoms with Crippen LogP contribution in [0.3, 0.4) is 0 Å². The molecule has 3 unspecified atom stereocenters. The van der Waals surface area contributed by atoms with Crippen LogP contribution in [0.5, 0.6) is 0 Å². The third kappa shape index (κ3) is 6.24. The molecule has 3 atom stereocenters. The molecule has 1 saturated heterocycles. The van der Waals surface area contributed by atoms with Crippen LogP contribution < -0.4 is 5.73 Å². The molecule has 2 N–H and O–H groups in total. The number of ether oxygens (including phenoxy) is 1. The molecule has 19 heavy (non-hydrogen) atoms. The summed E-state index contributed by atoms with van der Waals surface area (Å²) >= 11 is 0. The Labute approximate surface area is 119 Å². The van der Waals surface area contributed by atoms with Gasteiger partial charge >= 0.3 is 0 Å². The third-order valence-electron chi connectivity index (χ3n) is 4.26. The lowest BCUT2D eigenvalue weighted by Gasteiger charge is -2.36. The van der Waals surface area contributed by atoms with E-state index in [-0.39, 0.29) is 0 Å². The Kier molecular flexibility index (Phi) is 6.78. The first-order valence-corrected chi connectivity index (χ1v) is 7.90. The first kappa shape index (κ1) is 16.9. The highest BCUT2D eigenvalue weighted by Gasteiger charge is 2.25. The van der Waals surface area contributed by atoms with Crippen molar-refractivity contribution < 1.29 is 4.74 Å². The van der Waals surface area contributed by atoms with Crippen molar-refractivity contribution in [2.45, 2.75) is 66.1 Å². The van der Waals surface area contributed by atoms with Gasteiger partial charge in [-0.1, -0.05) is 20.8 Å². The third-order valence-corrected chi connectivity index (χ3v) is 4.26. The molecule has 0 aromatic heterocycles. The monoisotopic (exact) mass is 270 g/mol. The second-order valence-electron chi connectivity index (χ2n) is 7.30. The van der Waals surface area contributed by atoms with Crippen molar-refractivity contribution in [3.63, 3.8) is 0 Å². The molecule has 3 nitrogen and oxygen atoms in total. The van der Waals surface area contributed by atoms with Gasteiger partial charge in [-0.3, -0.25) is 4.90 Å². The minimum absolute atomic E-state index is 0.380. The summed E-state index contributed by atoms with van der Waals surface area (Å²) in [6.45, 7) is 15.6. The lowest BCUT2D eigenvalue weighted by molar-refractivity contribution is -0.0685. The minimum Gasteiger partial charge on any atom is -0.373 e. The lowest BCUT2D eigenvalue weighted by atomic mass is 9.76. The minimum atomic E-state index is 0.380. The predicted molar refractivity (Wildman–Crippen MR) is 82.3 cm³/mol. The van der Waals surface area contributed by atoms with Crippen LogP contribution in [0.15, 0.2) is 0 Å². The van der Waals surface area contributed by atoms with Crippen LogP contribution >= 0.6 is 0 Å². The highest BCUT2D eigenvalue weighted by Crippen LogP contribution is 2.32. The van der Waals surface area contributed by atoms with Crippen molar-refractivity contribution in [1.82, 2.24) is 4.90 Å². The number of morpholine rings is 1. The Morgan fingerprint density at radius 2 is 1.74 bits per heavy atom. The van der Waals surface area contributed by atoms with Gasteiger partial charge in [0.15, 0.2) is 0 Å². The first-order chi connectivity index (χ1) is 8.82. The molecule has 0 aliphatic carbocycles. The Bertz CT molecular complexity index is 240. The molecule has 3 heteroatoms. The van der Waals surface area contributed by atoms with Gasteiger partial charge in [-0.05, 0) is 57.5 Å². The summed E-state index contributed by atoms with van der Waals surface area (Å²) in [7, 11) is 0. The molecular weight excluding hydrogens is 236 g/mol. The van der Waals surface area contributed by atoms with E-state index < -0.39 is 0 Å². The zero-order valence-corrected chi connectivity index (χ0v) is 13.6. The molecule has 0 amide bonds. The van der Waals surface area contributed by atoms with Crippen molar-refractivity contribution in [3.8, 4) is 0 Å². The van der Waals surface area contributed by atoms with Gasteiger partial charge in [0.2, 0.25) is 0 Å². The van der Waals surface area contributed by atoms with Gasteiger partial charge in [-0.25, -0.2) is 0 Å². The maximum absolute atomic E-state index is 5.78. The van der Waals surface area contributed by atoms with E-state index in [1.165, 1.54) is 19.4 Å². The number of nitrogens with zero attached hydrogens (tertiary/aromatic N) is 1. The van der Waals surface area contributed by atoms with Crippen LogP contribution in [-0.4, -0.2) is 43.3 Å². The van der Waals surface area contributed by atoms with Crippen molar-refractivity contribution in [3.05, 3.63) is 0 Å². The van der Waals surface area contributed by atoms with Crippen LogP contribution in [0.2, 0.25) is 0 Å². The summed E-state index contributed by atoms with van der Waals surface area (Å²) in [5.74, 6) is 0.744. The zero-order valence-electron chi connectivity index (χ0n) is 13.6. The van der Waals surface area contributed by atoms with Crippen LogP contribution in [0.25, 0.3) is 0 Å². The highest BCUT2D eigenvalue weighted by molar-refractivity contribution is 4.77. The number of rotatable bonds is 6. The van der Waals surface area contributed by atoms with E-state index in [2.05, 4.69) is 39.5 Å². The van der Waals surface area contributed by atoms with Crippen LogP contribution in [0.1, 0.15) is 53.9 Å². The summed E-state index contributed by atoms with van der Waals surface area (Å²) in [6, 6.07) is 0. The van der Waals surface area contributed by atoms with E-state index in [4.69, 9.17) is 10.5 Å². The topological polar surface area (TPSA) is 38.5 Å². The fourth-order valence-electron chi connectivity index (χ4n) is 3.24. The molecule has 1 rings (SSSR count). The SMILES string of the molecule is CC1CN(CCCC(CCN)C(C)(C)C)CC(C)O1. The van der Waals surface area contributed by atoms with E-state index in [1.807, 2.05) is 0 Å². The number of hydrogen-bond acceptors (Lipinski definition) is 3. The summed E-state index contributed by atoms with van der Waals surface area (Å²) in [5.41, 5.74) is 6.13. The van der Waals surface area contributed by atoms with Crippen molar-refractivity contribution in [1.29, 1.82) is 0 Å².